The number of hydrogen-bond acceptors (Lipinski definition) is 4. The van der Waals surface area contributed by atoms with Crippen LogP contribution in [0.15, 0.2) is 42.5 Å². The Kier molecular flexibility index (Phi) is 5.85. The average Bonchev–Trinajstić information content (AvgIpc) is 3.47. The van der Waals surface area contributed by atoms with Crippen LogP contribution in [0.2, 0.25) is 0 Å². The Morgan fingerprint density at radius 3 is 2.36 bits per heavy atom. The largest absolute Gasteiger partial charge is 0.348 e. The molecule has 6 nitrogen and oxygen atoms in total. The van der Waals surface area contributed by atoms with Crippen molar-refractivity contribution in [2.45, 2.75) is 34.2 Å². The molecule has 1 saturated heterocycles. The summed E-state index contributed by atoms with van der Waals surface area (Å²) >= 11 is 1.55. The van der Waals surface area contributed by atoms with Crippen LogP contribution in [0, 0.1) is 27.7 Å². The summed E-state index contributed by atoms with van der Waals surface area (Å²) in [4.78, 5) is 19.6. The van der Waals surface area contributed by atoms with E-state index < -0.39 is 0 Å². The Hall–Kier alpha value is -2.90. The molecule has 0 N–H and O–H groups in total. The van der Waals surface area contributed by atoms with Gasteiger partial charge in [0.25, 0.3) is 5.91 Å². The summed E-state index contributed by atoms with van der Waals surface area (Å²) in [6, 6.07) is 14.7. The summed E-state index contributed by atoms with van der Waals surface area (Å²) in [5.41, 5.74) is 5.82. The molecular weight excluding hydrogens is 430 g/mol. The van der Waals surface area contributed by atoms with Gasteiger partial charge in [0.1, 0.15) is 4.83 Å². The van der Waals surface area contributed by atoms with Crippen molar-refractivity contribution in [3.8, 4) is 5.69 Å². The average molecular weight is 462 g/mol. The lowest BCUT2D eigenvalue weighted by Crippen LogP contribution is -2.49. The van der Waals surface area contributed by atoms with Gasteiger partial charge in [-0.2, -0.15) is 5.10 Å². The molecule has 4 heterocycles. The summed E-state index contributed by atoms with van der Waals surface area (Å²) in [5.74, 6) is 0.142. The number of piperazine rings is 1. The van der Waals surface area contributed by atoms with E-state index in [0.29, 0.717) is 0 Å². The number of carbonyl (C=O) groups excluding carboxylic acids is 1. The smallest absolute Gasteiger partial charge is 0.264 e. The van der Waals surface area contributed by atoms with Gasteiger partial charge in [0.15, 0.2) is 0 Å². The predicted molar refractivity (Wildman–Crippen MR) is 135 cm³/mol. The molecule has 0 bridgehead atoms. The van der Waals surface area contributed by atoms with Crippen molar-refractivity contribution in [1.82, 2.24) is 24.1 Å². The minimum Gasteiger partial charge on any atom is -0.348 e. The lowest BCUT2D eigenvalue weighted by molar-refractivity contribution is 0.0638. The highest BCUT2D eigenvalue weighted by atomic mass is 32.1. The molecule has 1 aliphatic rings. The standard InChI is InChI=1S/C26H31N5OS/c1-18-6-5-7-22(16-18)31-26-23(21(4)27-31)17-24(33-26)25(32)29-13-10-28(11-14-29)12-15-30-19(2)8-9-20(30)3/h5-9,16-17H,10-15H2,1-4H3. The number of thiophene rings is 1. The lowest BCUT2D eigenvalue weighted by Gasteiger charge is -2.34. The number of rotatable bonds is 5. The number of aryl methyl sites for hydroxylation is 4. The quantitative estimate of drug-likeness (QED) is 0.437. The Bertz CT molecular complexity index is 1290. The Morgan fingerprint density at radius 1 is 0.939 bits per heavy atom. The third-order valence-corrected chi connectivity index (χ3v) is 7.82. The van der Waals surface area contributed by atoms with Crippen molar-refractivity contribution in [3.63, 3.8) is 0 Å². The SMILES string of the molecule is Cc1cccc(-n2nc(C)c3cc(C(=O)N4CCN(CCn5c(C)ccc5C)CC4)sc32)c1. The second-order valence-electron chi connectivity index (χ2n) is 9.07. The van der Waals surface area contributed by atoms with E-state index in [2.05, 4.69) is 60.6 Å². The van der Waals surface area contributed by atoms with Crippen LogP contribution in [0.3, 0.4) is 0 Å². The van der Waals surface area contributed by atoms with E-state index >= 15 is 0 Å². The molecule has 7 heteroatoms. The van der Waals surface area contributed by atoms with Gasteiger partial charge in [-0.05, 0) is 63.6 Å². The summed E-state index contributed by atoms with van der Waals surface area (Å²) in [6.07, 6.45) is 0. The first-order valence-corrected chi connectivity index (χ1v) is 12.4. The Balaban J connectivity index is 1.26. The third kappa shape index (κ3) is 4.23. The Labute approximate surface area is 199 Å². The van der Waals surface area contributed by atoms with E-state index in [1.54, 1.807) is 11.3 Å². The summed E-state index contributed by atoms with van der Waals surface area (Å²) in [7, 11) is 0. The van der Waals surface area contributed by atoms with Crippen molar-refractivity contribution in [2.75, 3.05) is 32.7 Å². The van der Waals surface area contributed by atoms with Gasteiger partial charge in [-0.3, -0.25) is 9.69 Å². The van der Waals surface area contributed by atoms with Crippen molar-refractivity contribution in [2.24, 2.45) is 0 Å². The fourth-order valence-corrected chi connectivity index (χ4v) is 5.86. The molecule has 1 aliphatic heterocycles. The van der Waals surface area contributed by atoms with Crippen molar-refractivity contribution >= 4 is 27.5 Å². The minimum absolute atomic E-state index is 0.142. The Morgan fingerprint density at radius 2 is 1.67 bits per heavy atom. The van der Waals surface area contributed by atoms with E-state index in [-0.39, 0.29) is 5.91 Å². The number of fused-ring (bicyclic) bond motifs is 1. The molecule has 1 fully saturated rings. The van der Waals surface area contributed by atoms with Crippen LogP contribution in [0.4, 0.5) is 0 Å². The fraction of sp³-hybridized carbons (Fsp3) is 0.385. The highest BCUT2D eigenvalue weighted by Crippen LogP contribution is 2.31. The normalized spacial score (nSPS) is 15.0. The van der Waals surface area contributed by atoms with Gasteiger partial charge in [-0.1, -0.05) is 12.1 Å². The molecule has 4 aromatic rings. The lowest BCUT2D eigenvalue weighted by atomic mass is 10.2. The minimum atomic E-state index is 0.142. The molecule has 0 saturated carbocycles. The summed E-state index contributed by atoms with van der Waals surface area (Å²) in [6.45, 7) is 13.8. The van der Waals surface area contributed by atoms with Crippen molar-refractivity contribution in [1.29, 1.82) is 0 Å². The fourth-order valence-electron chi connectivity index (χ4n) is 4.71. The molecule has 33 heavy (non-hydrogen) atoms. The number of amides is 1. The van der Waals surface area contributed by atoms with E-state index in [4.69, 9.17) is 5.10 Å². The number of carbonyl (C=O) groups is 1. The zero-order valence-electron chi connectivity index (χ0n) is 19.8. The van der Waals surface area contributed by atoms with Gasteiger partial charge in [0.2, 0.25) is 0 Å². The van der Waals surface area contributed by atoms with Gasteiger partial charge in [0, 0.05) is 56.0 Å². The van der Waals surface area contributed by atoms with Gasteiger partial charge in [0.05, 0.1) is 16.3 Å². The maximum atomic E-state index is 13.3. The van der Waals surface area contributed by atoms with E-state index in [9.17, 15) is 4.79 Å². The number of benzene rings is 1. The molecule has 172 valence electrons. The van der Waals surface area contributed by atoms with Crippen LogP contribution in [-0.2, 0) is 6.54 Å². The zero-order valence-corrected chi connectivity index (χ0v) is 20.7. The van der Waals surface area contributed by atoms with Gasteiger partial charge < -0.3 is 9.47 Å². The molecule has 0 aliphatic carbocycles. The van der Waals surface area contributed by atoms with Crippen LogP contribution < -0.4 is 0 Å². The van der Waals surface area contributed by atoms with Crippen LogP contribution in [0.1, 0.15) is 32.3 Å². The maximum Gasteiger partial charge on any atom is 0.264 e. The highest BCUT2D eigenvalue weighted by molar-refractivity contribution is 7.20. The molecule has 1 amide bonds. The molecular formula is C26H31N5OS. The molecule has 3 aromatic heterocycles. The molecule has 1 aromatic carbocycles. The second kappa shape index (κ2) is 8.80. The van der Waals surface area contributed by atoms with Crippen LogP contribution in [0.5, 0.6) is 0 Å². The molecule has 0 spiro atoms. The van der Waals surface area contributed by atoms with Crippen molar-refractivity contribution in [3.05, 3.63) is 70.0 Å². The van der Waals surface area contributed by atoms with Crippen LogP contribution in [0.25, 0.3) is 15.9 Å². The van der Waals surface area contributed by atoms with Crippen LogP contribution >= 0.6 is 11.3 Å². The highest BCUT2D eigenvalue weighted by Gasteiger charge is 2.25. The third-order valence-electron chi connectivity index (χ3n) is 6.72. The number of aromatic nitrogens is 3. The van der Waals surface area contributed by atoms with E-state index in [1.807, 2.05) is 28.6 Å². The zero-order chi connectivity index (χ0) is 23.1. The first kappa shape index (κ1) is 21.9. The number of nitrogens with zero attached hydrogens (tertiary/aromatic N) is 5. The van der Waals surface area contributed by atoms with Crippen molar-refractivity contribution < 1.29 is 4.79 Å². The summed E-state index contributed by atoms with van der Waals surface area (Å²) in [5, 5.41) is 5.80. The van der Waals surface area contributed by atoms with Gasteiger partial charge in [-0.25, -0.2) is 4.68 Å². The van der Waals surface area contributed by atoms with Gasteiger partial charge >= 0.3 is 0 Å². The monoisotopic (exact) mass is 461 g/mol. The first-order chi connectivity index (χ1) is 15.9. The first-order valence-electron chi connectivity index (χ1n) is 11.6. The predicted octanol–water partition coefficient (Wildman–Crippen LogP) is 4.58. The van der Waals surface area contributed by atoms with Crippen LogP contribution in [-0.4, -0.2) is 62.8 Å². The van der Waals surface area contributed by atoms with Gasteiger partial charge in [-0.15, -0.1) is 11.3 Å². The summed E-state index contributed by atoms with van der Waals surface area (Å²) < 4.78 is 4.34. The number of hydrogen-bond donors (Lipinski definition) is 0. The second-order valence-corrected chi connectivity index (χ2v) is 10.1. The topological polar surface area (TPSA) is 46.3 Å². The molecule has 0 radical (unpaired) electrons. The molecule has 5 rings (SSSR count). The molecule has 0 atom stereocenters. The maximum absolute atomic E-state index is 13.3. The molecule has 0 unspecified atom stereocenters. The van der Waals surface area contributed by atoms with E-state index in [0.717, 1.165) is 65.7 Å². The van der Waals surface area contributed by atoms with E-state index in [1.165, 1.54) is 17.0 Å².